The van der Waals surface area contributed by atoms with Crippen LogP contribution in [-0.4, -0.2) is 35.2 Å². The van der Waals surface area contributed by atoms with E-state index in [2.05, 4.69) is 0 Å². The van der Waals surface area contributed by atoms with Crippen molar-refractivity contribution in [3.05, 3.63) is 35.9 Å². The van der Waals surface area contributed by atoms with Gasteiger partial charge in [0.25, 0.3) is 0 Å². The van der Waals surface area contributed by atoms with Gasteiger partial charge < -0.3 is 14.7 Å². The van der Waals surface area contributed by atoms with Crippen molar-refractivity contribution in [1.82, 2.24) is 4.90 Å². The van der Waals surface area contributed by atoms with E-state index in [0.717, 1.165) is 5.56 Å². The smallest absolute Gasteiger partial charge is 0.410 e. The van der Waals surface area contributed by atoms with Crippen molar-refractivity contribution in [2.24, 2.45) is 0 Å². The van der Waals surface area contributed by atoms with Crippen LogP contribution in [0.3, 0.4) is 0 Å². The SMILES string of the molecule is CC(CCC(=O)O)N(C)C(=O)OCc1ccccc1. The van der Waals surface area contributed by atoms with E-state index in [9.17, 15) is 9.59 Å². The highest BCUT2D eigenvalue weighted by atomic mass is 16.6. The molecule has 19 heavy (non-hydrogen) atoms. The van der Waals surface area contributed by atoms with Crippen LogP contribution < -0.4 is 0 Å². The summed E-state index contributed by atoms with van der Waals surface area (Å²) in [4.78, 5) is 23.7. The monoisotopic (exact) mass is 265 g/mol. The maximum atomic E-state index is 11.8. The van der Waals surface area contributed by atoms with Crippen LogP contribution in [0.5, 0.6) is 0 Å². The Kier molecular flexibility index (Phi) is 5.85. The number of benzene rings is 1. The Morgan fingerprint density at radius 1 is 1.32 bits per heavy atom. The van der Waals surface area contributed by atoms with Crippen molar-refractivity contribution in [1.29, 1.82) is 0 Å². The Balaban J connectivity index is 2.38. The van der Waals surface area contributed by atoms with Gasteiger partial charge in [-0.1, -0.05) is 30.3 Å². The average molecular weight is 265 g/mol. The second-order valence-corrected chi connectivity index (χ2v) is 4.43. The number of carboxylic acid groups (broad SMARTS) is 1. The van der Waals surface area contributed by atoms with Crippen LogP contribution in [0, 0.1) is 0 Å². The average Bonchev–Trinajstić information content (AvgIpc) is 2.42. The number of carbonyl (C=O) groups is 2. The molecule has 5 heteroatoms. The predicted molar refractivity (Wildman–Crippen MR) is 70.7 cm³/mol. The minimum Gasteiger partial charge on any atom is -0.481 e. The van der Waals surface area contributed by atoms with Gasteiger partial charge in [0.05, 0.1) is 0 Å². The van der Waals surface area contributed by atoms with Crippen molar-refractivity contribution in [3.8, 4) is 0 Å². The Hall–Kier alpha value is -2.04. The molecule has 0 bridgehead atoms. The summed E-state index contributed by atoms with van der Waals surface area (Å²) in [7, 11) is 1.61. The van der Waals surface area contributed by atoms with Crippen LogP contribution in [0.25, 0.3) is 0 Å². The quantitative estimate of drug-likeness (QED) is 0.858. The molecule has 0 aliphatic heterocycles. The first-order chi connectivity index (χ1) is 9.00. The minimum atomic E-state index is -0.863. The van der Waals surface area contributed by atoms with Gasteiger partial charge in [0, 0.05) is 19.5 Å². The van der Waals surface area contributed by atoms with Gasteiger partial charge in [-0.05, 0) is 18.9 Å². The fraction of sp³-hybridized carbons (Fsp3) is 0.429. The van der Waals surface area contributed by atoms with Crippen LogP contribution in [-0.2, 0) is 16.1 Å². The summed E-state index contributed by atoms with van der Waals surface area (Å²) in [5, 5.41) is 8.60. The van der Waals surface area contributed by atoms with E-state index in [4.69, 9.17) is 9.84 Å². The van der Waals surface area contributed by atoms with E-state index < -0.39 is 12.1 Å². The van der Waals surface area contributed by atoms with Gasteiger partial charge in [-0.15, -0.1) is 0 Å². The standard InChI is InChI=1S/C14H19NO4/c1-11(8-9-13(16)17)15(2)14(18)19-10-12-6-4-3-5-7-12/h3-7,11H,8-10H2,1-2H3,(H,16,17). The van der Waals surface area contributed by atoms with Crippen molar-refractivity contribution >= 4 is 12.1 Å². The van der Waals surface area contributed by atoms with E-state index in [1.165, 1.54) is 4.90 Å². The first-order valence-electron chi connectivity index (χ1n) is 6.16. The van der Waals surface area contributed by atoms with E-state index in [0.29, 0.717) is 6.42 Å². The van der Waals surface area contributed by atoms with Gasteiger partial charge in [-0.3, -0.25) is 4.79 Å². The lowest BCUT2D eigenvalue weighted by Crippen LogP contribution is -2.35. The molecule has 0 aliphatic carbocycles. The predicted octanol–water partition coefficient (Wildman–Crippen LogP) is 2.51. The van der Waals surface area contributed by atoms with Crippen molar-refractivity contribution in [3.63, 3.8) is 0 Å². The highest BCUT2D eigenvalue weighted by molar-refractivity contribution is 5.68. The first kappa shape index (κ1) is 15.0. The number of hydrogen-bond acceptors (Lipinski definition) is 3. The second kappa shape index (κ2) is 7.41. The van der Waals surface area contributed by atoms with Crippen LogP contribution in [0.1, 0.15) is 25.3 Å². The molecule has 1 aromatic carbocycles. The molecule has 1 atom stereocenters. The van der Waals surface area contributed by atoms with Gasteiger partial charge in [0.15, 0.2) is 0 Å². The summed E-state index contributed by atoms with van der Waals surface area (Å²) in [6.45, 7) is 2.02. The normalized spacial score (nSPS) is 11.7. The lowest BCUT2D eigenvalue weighted by Gasteiger charge is -2.23. The Bertz CT molecular complexity index is 419. The molecule has 0 saturated carbocycles. The minimum absolute atomic E-state index is 0.0392. The highest BCUT2D eigenvalue weighted by Crippen LogP contribution is 2.08. The summed E-state index contributed by atoms with van der Waals surface area (Å²) < 4.78 is 5.16. The Morgan fingerprint density at radius 2 is 1.95 bits per heavy atom. The molecule has 1 amide bonds. The van der Waals surface area contributed by atoms with Gasteiger partial charge in [0.2, 0.25) is 0 Å². The Labute approximate surface area is 112 Å². The zero-order valence-electron chi connectivity index (χ0n) is 11.2. The number of nitrogens with zero attached hydrogens (tertiary/aromatic N) is 1. The molecule has 1 rings (SSSR count). The molecule has 5 nitrogen and oxygen atoms in total. The van der Waals surface area contributed by atoms with E-state index in [1.54, 1.807) is 14.0 Å². The Morgan fingerprint density at radius 3 is 2.53 bits per heavy atom. The number of aliphatic carboxylic acids is 1. The molecular formula is C14H19NO4. The summed E-state index contributed by atoms with van der Waals surface area (Å²) in [5.41, 5.74) is 0.919. The van der Waals surface area contributed by atoms with Gasteiger partial charge in [-0.2, -0.15) is 0 Å². The highest BCUT2D eigenvalue weighted by Gasteiger charge is 2.17. The number of ether oxygens (including phenoxy) is 1. The molecule has 0 heterocycles. The largest absolute Gasteiger partial charge is 0.481 e. The van der Waals surface area contributed by atoms with Crippen LogP contribution >= 0.6 is 0 Å². The number of rotatable bonds is 6. The van der Waals surface area contributed by atoms with Gasteiger partial charge >= 0.3 is 12.1 Å². The molecule has 0 saturated heterocycles. The molecule has 1 unspecified atom stereocenters. The van der Waals surface area contributed by atoms with Crippen molar-refractivity contribution in [2.75, 3.05) is 7.05 Å². The summed E-state index contributed by atoms with van der Waals surface area (Å²) in [5.74, 6) is -0.863. The third-order valence-electron chi connectivity index (χ3n) is 2.93. The second-order valence-electron chi connectivity index (χ2n) is 4.43. The molecule has 1 aromatic rings. The summed E-state index contributed by atoms with van der Waals surface area (Å²) >= 11 is 0. The first-order valence-corrected chi connectivity index (χ1v) is 6.16. The van der Waals surface area contributed by atoms with E-state index >= 15 is 0 Å². The third kappa shape index (κ3) is 5.42. The molecule has 104 valence electrons. The zero-order valence-corrected chi connectivity index (χ0v) is 11.2. The number of amides is 1. The van der Waals surface area contributed by atoms with Crippen LogP contribution in [0.4, 0.5) is 4.79 Å². The number of hydrogen-bond donors (Lipinski definition) is 1. The molecule has 0 aromatic heterocycles. The molecular weight excluding hydrogens is 246 g/mol. The number of carbonyl (C=O) groups excluding carboxylic acids is 1. The fourth-order valence-corrected chi connectivity index (χ4v) is 1.53. The molecule has 0 fully saturated rings. The fourth-order valence-electron chi connectivity index (χ4n) is 1.53. The maximum absolute atomic E-state index is 11.8. The zero-order chi connectivity index (χ0) is 14.3. The lowest BCUT2D eigenvalue weighted by atomic mass is 10.2. The number of carboxylic acids is 1. The van der Waals surface area contributed by atoms with Crippen molar-refractivity contribution < 1.29 is 19.4 Å². The van der Waals surface area contributed by atoms with Gasteiger partial charge in [0.1, 0.15) is 6.61 Å². The van der Waals surface area contributed by atoms with Crippen LogP contribution in [0.15, 0.2) is 30.3 Å². The molecule has 0 aliphatic rings. The third-order valence-corrected chi connectivity index (χ3v) is 2.93. The van der Waals surface area contributed by atoms with Crippen LogP contribution in [0.2, 0.25) is 0 Å². The van der Waals surface area contributed by atoms with E-state index in [1.807, 2.05) is 30.3 Å². The molecule has 1 N–H and O–H groups in total. The molecule has 0 radical (unpaired) electrons. The lowest BCUT2D eigenvalue weighted by molar-refractivity contribution is -0.137. The summed E-state index contributed by atoms with van der Waals surface area (Å²) in [6.07, 6.45) is 0.00533. The summed E-state index contributed by atoms with van der Waals surface area (Å²) in [6, 6.07) is 9.23. The topological polar surface area (TPSA) is 66.8 Å². The molecule has 0 spiro atoms. The maximum Gasteiger partial charge on any atom is 0.410 e. The van der Waals surface area contributed by atoms with E-state index in [-0.39, 0.29) is 19.1 Å². The van der Waals surface area contributed by atoms with Crippen molar-refractivity contribution in [2.45, 2.75) is 32.4 Å². The van der Waals surface area contributed by atoms with Gasteiger partial charge in [-0.25, -0.2) is 4.79 Å².